The van der Waals surface area contributed by atoms with Crippen LogP contribution in [0.3, 0.4) is 0 Å². The second kappa shape index (κ2) is 7.40. The van der Waals surface area contributed by atoms with Crippen LogP contribution in [0.1, 0.15) is 91.0 Å². The Balaban J connectivity index is 1.49. The Kier molecular flexibility index (Phi) is 5.23. The fraction of sp³-hybridized carbons (Fsp3) is 0.786. The van der Waals surface area contributed by atoms with E-state index in [0.29, 0.717) is 23.0 Å². The molecule has 4 aliphatic carbocycles. The average Bonchev–Trinajstić information content (AvgIpc) is 3.11. The summed E-state index contributed by atoms with van der Waals surface area (Å²) < 4.78 is 45.7. The van der Waals surface area contributed by atoms with Crippen LogP contribution in [0.5, 0.6) is 5.75 Å². The molecule has 178 valence electrons. The van der Waals surface area contributed by atoms with E-state index in [1.165, 1.54) is 75.6 Å². The Hall–Kier alpha value is -1.19. The van der Waals surface area contributed by atoms with Crippen LogP contribution in [-0.2, 0) is 6.18 Å². The maximum absolute atomic E-state index is 13.0. The highest BCUT2D eigenvalue weighted by atomic mass is 19.4. The lowest BCUT2D eigenvalue weighted by molar-refractivity contribution is -0.196. The standard InChI is InChI=1S/C28H39F3O/c1-25(2)14-5-8-23-24(32-19-11-9-18(10-12-19)28(29,30)31)17-20-21-7-6-15-26(21,3)16-13-22(20)27(23,25)4/h9-12,20-24H,5-8,13-17H2,1-4H3/t20-,21-,22-,23+,24+,26-,27+/m0/s1. The van der Waals surface area contributed by atoms with Crippen molar-refractivity contribution in [2.45, 2.75) is 97.8 Å². The first-order chi connectivity index (χ1) is 15.0. The maximum Gasteiger partial charge on any atom is 0.416 e. The average molecular weight is 449 g/mol. The van der Waals surface area contributed by atoms with Crippen molar-refractivity contribution in [3.8, 4) is 5.75 Å². The van der Waals surface area contributed by atoms with Crippen LogP contribution in [0.15, 0.2) is 24.3 Å². The van der Waals surface area contributed by atoms with E-state index in [9.17, 15) is 13.2 Å². The van der Waals surface area contributed by atoms with E-state index < -0.39 is 11.7 Å². The zero-order chi connectivity index (χ0) is 22.9. The zero-order valence-electron chi connectivity index (χ0n) is 20.1. The van der Waals surface area contributed by atoms with Crippen LogP contribution in [0.2, 0.25) is 0 Å². The molecule has 1 nitrogen and oxygen atoms in total. The summed E-state index contributed by atoms with van der Waals surface area (Å²) in [7, 11) is 0. The van der Waals surface area contributed by atoms with Crippen molar-refractivity contribution in [2.24, 2.45) is 39.9 Å². The van der Waals surface area contributed by atoms with Crippen LogP contribution in [0.25, 0.3) is 0 Å². The summed E-state index contributed by atoms with van der Waals surface area (Å²) in [5, 5.41) is 0. The van der Waals surface area contributed by atoms with Crippen molar-refractivity contribution in [2.75, 3.05) is 0 Å². The molecule has 4 aliphatic rings. The molecule has 0 N–H and O–H groups in total. The molecule has 0 unspecified atom stereocenters. The summed E-state index contributed by atoms with van der Waals surface area (Å²) in [6.45, 7) is 10.0. The summed E-state index contributed by atoms with van der Waals surface area (Å²) in [4.78, 5) is 0. The van der Waals surface area contributed by atoms with Crippen molar-refractivity contribution in [3.05, 3.63) is 29.8 Å². The Morgan fingerprint density at radius 2 is 1.47 bits per heavy atom. The number of ether oxygens (including phenoxy) is 1. The van der Waals surface area contributed by atoms with Gasteiger partial charge in [-0.05, 0) is 103 Å². The van der Waals surface area contributed by atoms with Gasteiger partial charge in [0.1, 0.15) is 11.9 Å². The summed E-state index contributed by atoms with van der Waals surface area (Å²) in [5.41, 5.74) is 0.343. The van der Waals surface area contributed by atoms with Crippen molar-refractivity contribution in [3.63, 3.8) is 0 Å². The summed E-state index contributed by atoms with van der Waals surface area (Å²) in [6.07, 6.45) is 7.26. The molecule has 0 bridgehead atoms. The monoisotopic (exact) mass is 448 g/mol. The van der Waals surface area contributed by atoms with Crippen LogP contribution in [0.4, 0.5) is 13.2 Å². The molecular weight excluding hydrogens is 409 g/mol. The fourth-order valence-electron chi connectivity index (χ4n) is 9.00. The van der Waals surface area contributed by atoms with Gasteiger partial charge in [-0.3, -0.25) is 0 Å². The van der Waals surface area contributed by atoms with E-state index in [-0.39, 0.29) is 16.9 Å². The molecule has 0 heterocycles. The van der Waals surface area contributed by atoms with Gasteiger partial charge < -0.3 is 4.74 Å². The van der Waals surface area contributed by atoms with E-state index in [0.717, 1.165) is 18.3 Å². The lowest BCUT2D eigenvalue weighted by Gasteiger charge is -2.66. The van der Waals surface area contributed by atoms with Crippen molar-refractivity contribution >= 4 is 0 Å². The summed E-state index contributed by atoms with van der Waals surface area (Å²) in [5.74, 6) is 3.26. The Bertz CT molecular complexity index is 843. The van der Waals surface area contributed by atoms with Gasteiger partial charge in [-0.25, -0.2) is 0 Å². The van der Waals surface area contributed by atoms with Crippen LogP contribution in [-0.4, -0.2) is 6.10 Å². The van der Waals surface area contributed by atoms with Crippen LogP contribution in [0, 0.1) is 39.9 Å². The molecule has 1 aromatic rings. The number of alkyl halides is 3. The predicted octanol–water partition coefficient (Wildman–Crippen LogP) is 8.52. The SMILES string of the molecule is CC1(C)CCC[C@@H]2[C@H](Oc3ccc(C(F)(F)F)cc3)C[C@H]3[C@@H]4CCC[C@@]4(C)CC[C@@H]3[C@]21C. The van der Waals surface area contributed by atoms with Crippen molar-refractivity contribution in [1.29, 1.82) is 0 Å². The summed E-state index contributed by atoms with van der Waals surface area (Å²) >= 11 is 0. The van der Waals surface area contributed by atoms with Gasteiger partial charge in [-0.2, -0.15) is 13.2 Å². The zero-order valence-corrected chi connectivity index (χ0v) is 20.1. The third kappa shape index (κ3) is 3.33. The minimum Gasteiger partial charge on any atom is -0.490 e. The number of rotatable bonds is 2. The lowest BCUT2D eigenvalue weighted by Crippen LogP contribution is -2.62. The van der Waals surface area contributed by atoms with Gasteiger partial charge in [0.15, 0.2) is 0 Å². The third-order valence-electron chi connectivity index (χ3n) is 11.0. The molecule has 5 rings (SSSR count). The number of hydrogen-bond acceptors (Lipinski definition) is 1. The van der Waals surface area contributed by atoms with Crippen LogP contribution >= 0.6 is 0 Å². The number of benzene rings is 1. The highest BCUT2D eigenvalue weighted by Crippen LogP contribution is 2.70. The molecule has 1 aromatic carbocycles. The molecule has 0 radical (unpaired) electrons. The van der Waals surface area contributed by atoms with E-state index >= 15 is 0 Å². The molecule has 7 atom stereocenters. The first kappa shape index (κ1) is 22.6. The van der Waals surface area contributed by atoms with Gasteiger partial charge in [-0.15, -0.1) is 0 Å². The van der Waals surface area contributed by atoms with Gasteiger partial charge >= 0.3 is 6.18 Å². The third-order valence-corrected chi connectivity index (χ3v) is 11.0. The van der Waals surface area contributed by atoms with Crippen molar-refractivity contribution in [1.82, 2.24) is 0 Å². The Morgan fingerprint density at radius 1 is 0.812 bits per heavy atom. The Labute approximate surface area is 191 Å². The van der Waals surface area contributed by atoms with E-state index in [2.05, 4.69) is 27.7 Å². The molecule has 4 heteroatoms. The minimum absolute atomic E-state index is 0.0977. The van der Waals surface area contributed by atoms with E-state index in [1.807, 2.05) is 0 Å². The molecule has 0 aromatic heterocycles. The number of hydrogen-bond donors (Lipinski definition) is 0. The van der Waals surface area contributed by atoms with Gasteiger partial charge in [0.2, 0.25) is 0 Å². The first-order valence-corrected chi connectivity index (χ1v) is 12.8. The number of fused-ring (bicyclic) bond motifs is 5. The molecule has 0 amide bonds. The summed E-state index contributed by atoms with van der Waals surface area (Å²) in [6, 6.07) is 5.39. The highest BCUT2D eigenvalue weighted by Gasteiger charge is 2.64. The second-order valence-electron chi connectivity index (χ2n) is 12.5. The fourth-order valence-corrected chi connectivity index (χ4v) is 9.00. The van der Waals surface area contributed by atoms with Gasteiger partial charge in [0, 0.05) is 5.92 Å². The molecule has 0 spiro atoms. The van der Waals surface area contributed by atoms with E-state index in [4.69, 9.17) is 4.74 Å². The first-order valence-electron chi connectivity index (χ1n) is 12.8. The molecule has 32 heavy (non-hydrogen) atoms. The second-order valence-corrected chi connectivity index (χ2v) is 12.5. The topological polar surface area (TPSA) is 9.23 Å². The van der Waals surface area contributed by atoms with Gasteiger partial charge in [0.05, 0.1) is 5.56 Å². The largest absolute Gasteiger partial charge is 0.490 e. The van der Waals surface area contributed by atoms with Gasteiger partial charge in [0.25, 0.3) is 0 Å². The van der Waals surface area contributed by atoms with E-state index in [1.54, 1.807) is 0 Å². The van der Waals surface area contributed by atoms with Crippen molar-refractivity contribution < 1.29 is 17.9 Å². The smallest absolute Gasteiger partial charge is 0.416 e. The Morgan fingerprint density at radius 3 is 2.16 bits per heavy atom. The minimum atomic E-state index is -4.31. The molecule has 4 fully saturated rings. The lowest BCUT2D eigenvalue weighted by atomic mass is 9.39. The molecule has 4 saturated carbocycles. The molecular formula is C28H39F3O. The maximum atomic E-state index is 13.0. The number of halogens is 3. The molecule has 0 aliphatic heterocycles. The predicted molar refractivity (Wildman–Crippen MR) is 121 cm³/mol. The van der Waals surface area contributed by atoms with Crippen LogP contribution < -0.4 is 4.74 Å². The van der Waals surface area contributed by atoms with Gasteiger partial charge in [-0.1, -0.05) is 40.5 Å². The quantitative estimate of drug-likeness (QED) is 0.440. The molecule has 0 saturated heterocycles. The highest BCUT2D eigenvalue weighted by molar-refractivity contribution is 5.29. The normalized spacial score (nSPS) is 43.2.